The molecule has 15 heavy (non-hydrogen) atoms. The number of nitrogens with zero attached hydrogens (tertiary/aromatic N) is 2. The molecule has 1 aromatic carbocycles. The highest BCUT2D eigenvalue weighted by Crippen LogP contribution is 2.22. The van der Waals surface area contributed by atoms with Gasteiger partial charge < -0.3 is 9.67 Å². The molecule has 0 saturated carbocycles. The zero-order valence-electron chi connectivity index (χ0n) is 7.59. The molecule has 5 heteroatoms. The molecule has 0 atom stereocenters. The van der Waals surface area contributed by atoms with Crippen molar-refractivity contribution in [3.8, 4) is 5.69 Å². The Labute approximate surface area is 94.3 Å². The van der Waals surface area contributed by atoms with Crippen molar-refractivity contribution in [3.05, 3.63) is 47.0 Å². The maximum Gasteiger partial charge on any atom is 0.335 e. The van der Waals surface area contributed by atoms with Gasteiger partial charge in [0, 0.05) is 16.9 Å². The number of aromatic carboxylic acids is 1. The van der Waals surface area contributed by atoms with Crippen molar-refractivity contribution >= 4 is 21.9 Å². The van der Waals surface area contributed by atoms with Crippen molar-refractivity contribution in [1.82, 2.24) is 9.55 Å². The third kappa shape index (κ3) is 1.92. The standard InChI is InChI=1S/C10H7BrN2O2/c11-8-5-7(10(14)15)1-2-9(8)13-4-3-12-6-13/h1-6H,(H,14,15). The summed E-state index contributed by atoms with van der Waals surface area (Å²) in [5.41, 5.74) is 1.11. The van der Waals surface area contributed by atoms with E-state index in [1.165, 1.54) is 0 Å². The minimum absolute atomic E-state index is 0.255. The molecule has 0 bridgehead atoms. The first-order valence-electron chi connectivity index (χ1n) is 4.19. The van der Waals surface area contributed by atoms with E-state index in [0.29, 0.717) is 0 Å². The Morgan fingerprint density at radius 1 is 1.47 bits per heavy atom. The van der Waals surface area contributed by atoms with Gasteiger partial charge in [0.05, 0.1) is 17.6 Å². The van der Waals surface area contributed by atoms with Crippen LogP contribution in [0.15, 0.2) is 41.4 Å². The lowest BCUT2D eigenvalue weighted by atomic mass is 10.2. The fraction of sp³-hybridized carbons (Fsp3) is 0. The SMILES string of the molecule is O=C(O)c1ccc(-n2ccnc2)c(Br)c1. The second kappa shape index (κ2) is 3.86. The largest absolute Gasteiger partial charge is 0.478 e. The molecule has 0 aliphatic carbocycles. The smallest absolute Gasteiger partial charge is 0.335 e. The molecule has 0 unspecified atom stereocenters. The van der Waals surface area contributed by atoms with Crippen LogP contribution in [0, 0.1) is 0 Å². The number of imidazole rings is 1. The summed E-state index contributed by atoms with van der Waals surface area (Å²) in [7, 11) is 0. The number of carbonyl (C=O) groups is 1. The van der Waals surface area contributed by atoms with Crippen LogP contribution in [0.1, 0.15) is 10.4 Å². The summed E-state index contributed by atoms with van der Waals surface area (Å²) in [6.45, 7) is 0. The first-order valence-corrected chi connectivity index (χ1v) is 4.99. The lowest BCUT2D eigenvalue weighted by Gasteiger charge is -2.05. The summed E-state index contributed by atoms with van der Waals surface area (Å²) < 4.78 is 2.52. The molecule has 1 N–H and O–H groups in total. The number of carboxylic acid groups (broad SMARTS) is 1. The Hall–Kier alpha value is -1.62. The molecular weight excluding hydrogens is 260 g/mol. The van der Waals surface area contributed by atoms with Gasteiger partial charge in [-0.15, -0.1) is 0 Å². The molecule has 0 amide bonds. The molecule has 0 aliphatic rings. The molecule has 0 saturated heterocycles. The lowest BCUT2D eigenvalue weighted by Crippen LogP contribution is -1.98. The third-order valence-corrected chi connectivity index (χ3v) is 2.61. The second-order valence-electron chi connectivity index (χ2n) is 2.94. The molecule has 0 aliphatic heterocycles. The van der Waals surface area contributed by atoms with Gasteiger partial charge in [0.1, 0.15) is 0 Å². The van der Waals surface area contributed by atoms with Gasteiger partial charge >= 0.3 is 5.97 Å². The first-order chi connectivity index (χ1) is 7.18. The highest BCUT2D eigenvalue weighted by Gasteiger charge is 2.07. The van der Waals surface area contributed by atoms with E-state index in [9.17, 15) is 4.79 Å². The topological polar surface area (TPSA) is 55.1 Å². The Balaban J connectivity index is 2.48. The van der Waals surface area contributed by atoms with Crippen LogP contribution in [0.4, 0.5) is 0 Å². The quantitative estimate of drug-likeness (QED) is 0.908. The maximum atomic E-state index is 10.7. The average Bonchev–Trinajstić information content (AvgIpc) is 2.70. The molecule has 4 nitrogen and oxygen atoms in total. The maximum absolute atomic E-state index is 10.7. The van der Waals surface area contributed by atoms with Gasteiger partial charge in [-0.2, -0.15) is 0 Å². The Kier molecular flexibility index (Phi) is 2.55. The minimum Gasteiger partial charge on any atom is -0.478 e. The van der Waals surface area contributed by atoms with Crippen LogP contribution in [-0.2, 0) is 0 Å². The van der Waals surface area contributed by atoms with Gasteiger partial charge in [0.25, 0.3) is 0 Å². The number of aromatic nitrogens is 2. The fourth-order valence-corrected chi connectivity index (χ4v) is 1.83. The summed E-state index contributed by atoms with van der Waals surface area (Å²) >= 11 is 3.32. The number of hydrogen-bond acceptors (Lipinski definition) is 2. The number of rotatable bonds is 2. The van der Waals surface area contributed by atoms with E-state index in [1.54, 1.807) is 41.5 Å². The normalized spacial score (nSPS) is 10.2. The van der Waals surface area contributed by atoms with Crippen LogP contribution in [0.2, 0.25) is 0 Å². The first kappa shape index (κ1) is 9.92. The molecular formula is C10H7BrN2O2. The predicted molar refractivity (Wildman–Crippen MR) is 58.2 cm³/mol. The van der Waals surface area contributed by atoms with Gasteiger partial charge in [0.2, 0.25) is 0 Å². The van der Waals surface area contributed by atoms with Crippen LogP contribution < -0.4 is 0 Å². The van der Waals surface area contributed by atoms with E-state index >= 15 is 0 Å². The lowest BCUT2D eigenvalue weighted by molar-refractivity contribution is 0.0697. The van der Waals surface area contributed by atoms with Crippen molar-refractivity contribution < 1.29 is 9.90 Å². The van der Waals surface area contributed by atoms with Gasteiger partial charge in [-0.25, -0.2) is 9.78 Å². The van der Waals surface area contributed by atoms with Crippen molar-refractivity contribution in [1.29, 1.82) is 0 Å². The van der Waals surface area contributed by atoms with Crippen molar-refractivity contribution in [2.24, 2.45) is 0 Å². The molecule has 0 spiro atoms. The molecule has 0 fully saturated rings. The van der Waals surface area contributed by atoms with Crippen LogP contribution in [0.25, 0.3) is 5.69 Å². The highest BCUT2D eigenvalue weighted by atomic mass is 79.9. The fourth-order valence-electron chi connectivity index (χ4n) is 1.25. The molecule has 1 aromatic heterocycles. The number of carboxylic acids is 1. The van der Waals surface area contributed by atoms with Crippen molar-refractivity contribution in [2.45, 2.75) is 0 Å². The summed E-state index contributed by atoms with van der Waals surface area (Å²) in [4.78, 5) is 14.6. The summed E-state index contributed by atoms with van der Waals surface area (Å²) in [5, 5.41) is 8.79. The Morgan fingerprint density at radius 3 is 2.80 bits per heavy atom. The molecule has 76 valence electrons. The minimum atomic E-state index is -0.937. The monoisotopic (exact) mass is 266 g/mol. The van der Waals surface area contributed by atoms with Crippen LogP contribution in [0.5, 0.6) is 0 Å². The van der Waals surface area contributed by atoms with Gasteiger partial charge in [0.15, 0.2) is 0 Å². The Bertz CT molecular complexity index is 494. The van der Waals surface area contributed by atoms with Crippen LogP contribution in [0.3, 0.4) is 0 Å². The number of benzene rings is 1. The molecule has 2 aromatic rings. The highest BCUT2D eigenvalue weighted by molar-refractivity contribution is 9.10. The second-order valence-corrected chi connectivity index (χ2v) is 3.80. The molecule has 0 radical (unpaired) electrons. The van der Waals surface area contributed by atoms with Crippen molar-refractivity contribution in [3.63, 3.8) is 0 Å². The Morgan fingerprint density at radius 2 is 2.27 bits per heavy atom. The predicted octanol–water partition coefficient (Wildman–Crippen LogP) is 2.33. The van der Waals surface area contributed by atoms with E-state index in [1.807, 2.05) is 0 Å². The van der Waals surface area contributed by atoms with Gasteiger partial charge in [-0.1, -0.05) is 0 Å². The number of hydrogen-bond donors (Lipinski definition) is 1. The average molecular weight is 267 g/mol. The van der Waals surface area contributed by atoms with E-state index in [2.05, 4.69) is 20.9 Å². The van der Waals surface area contributed by atoms with Crippen LogP contribution in [-0.4, -0.2) is 20.6 Å². The van der Waals surface area contributed by atoms with E-state index in [-0.39, 0.29) is 5.56 Å². The van der Waals surface area contributed by atoms with Gasteiger partial charge in [-0.3, -0.25) is 0 Å². The summed E-state index contributed by atoms with van der Waals surface area (Å²) in [6.07, 6.45) is 5.11. The van der Waals surface area contributed by atoms with Gasteiger partial charge in [-0.05, 0) is 34.1 Å². The zero-order chi connectivity index (χ0) is 10.8. The molecule has 1 heterocycles. The van der Waals surface area contributed by atoms with Crippen molar-refractivity contribution in [2.75, 3.05) is 0 Å². The molecule has 2 rings (SSSR count). The summed E-state index contributed by atoms with van der Waals surface area (Å²) in [6, 6.07) is 4.86. The van der Waals surface area contributed by atoms with E-state index in [0.717, 1.165) is 10.2 Å². The summed E-state index contributed by atoms with van der Waals surface area (Å²) in [5.74, 6) is -0.937. The van der Waals surface area contributed by atoms with E-state index < -0.39 is 5.97 Å². The third-order valence-electron chi connectivity index (χ3n) is 1.98. The van der Waals surface area contributed by atoms with Crippen LogP contribution >= 0.6 is 15.9 Å². The number of halogens is 1. The zero-order valence-corrected chi connectivity index (χ0v) is 9.18. The van der Waals surface area contributed by atoms with E-state index in [4.69, 9.17) is 5.11 Å².